The van der Waals surface area contributed by atoms with Gasteiger partial charge in [-0.25, -0.2) is 0 Å². The number of nitrogens with one attached hydrogen (secondary N) is 2. The van der Waals surface area contributed by atoms with E-state index >= 15 is 0 Å². The Bertz CT molecular complexity index is 1440. The molecule has 5 aliphatic rings. The molecule has 0 aromatic carbocycles. The first-order valence-corrected chi connectivity index (χ1v) is 19.6. The van der Waals surface area contributed by atoms with Gasteiger partial charge in [-0.15, -0.1) is 0 Å². The van der Waals surface area contributed by atoms with Gasteiger partial charge in [0.15, 0.2) is 31.5 Å². The Morgan fingerprint density at radius 3 is 1.37 bits per heavy atom. The lowest BCUT2D eigenvalue weighted by Crippen LogP contribution is -2.70. The van der Waals surface area contributed by atoms with Crippen LogP contribution in [0.5, 0.6) is 0 Å². The first-order chi connectivity index (χ1) is 29.3. The second kappa shape index (κ2) is 22.0. The van der Waals surface area contributed by atoms with Gasteiger partial charge in [-0.1, -0.05) is 0 Å². The molecule has 360 valence electrons. The Hall–Kier alpha value is -2.02. The van der Waals surface area contributed by atoms with Crippen LogP contribution >= 0.6 is 0 Å². The van der Waals surface area contributed by atoms with Gasteiger partial charge in [0.25, 0.3) is 0 Å². The van der Waals surface area contributed by atoms with Crippen LogP contribution in [-0.4, -0.2) is 275 Å². The molecule has 0 aromatic heterocycles. The molecule has 0 saturated carbocycles. The smallest absolute Gasteiger partial charge is 0.217 e. The van der Waals surface area contributed by atoms with Gasteiger partial charge in [-0.3, -0.25) is 9.59 Å². The van der Waals surface area contributed by atoms with Crippen molar-refractivity contribution in [3.63, 3.8) is 0 Å². The van der Waals surface area contributed by atoms with Crippen LogP contribution < -0.4 is 10.6 Å². The highest BCUT2D eigenvalue weighted by molar-refractivity contribution is 5.73. The van der Waals surface area contributed by atoms with Crippen molar-refractivity contribution in [2.24, 2.45) is 0 Å². The highest BCUT2D eigenvalue weighted by atomic mass is 16.8. The molecule has 2 amide bonds. The molecule has 5 aliphatic heterocycles. The van der Waals surface area contributed by atoms with Crippen molar-refractivity contribution in [3.8, 4) is 0 Å². The summed E-state index contributed by atoms with van der Waals surface area (Å²) in [5, 5.41) is 163. The van der Waals surface area contributed by atoms with E-state index in [0.717, 1.165) is 13.8 Å². The lowest BCUT2D eigenvalue weighted by molar-refractivity contribution is -0.396. The van der Waals surface area contributed by atoms with Gasteiger partial charge in [-0.2, -0.15) is 0 Å². The summed E-state index contributed by atoms with van der Waals surface area (Å²) in [5.41, 5.74) is 0. The molecule has 17 N–H and O–H groups in total. The lowest BCUT2D eigenvalue weighted by Gasteiger charge is -2.51. The molecule has 5 heterocycles. The van der Waals surface area contributed by atoms with E-state index in [2.05, 4.69) is 10.6 Å². The van der Waals surface area contributed by atoms with Crippen LogP contribution in [0, 0.1) is 0 Å². The number of amides is 2. The molecule has 0 radical (unpaired) electrons. The molecule has 0 spiro atoms. The van der Waals surface area contributed by atoms with E-state index in [1.165, 1.54) is 0 Å². The topological polar surface area (TPSA) is 445 Å². The Kier molecular flexibility index (Phi) is 18.1. The van der Waals surface area contributed by atoms with Crippen molar-refractivity contribution < 1.29 is 129 Å². The molecular formula is C34H58N2O26. The molecule has 25 atom stereocenters. The Morgan fingerprint density at radius 1 is 0.419 bits per heavy atom. The standard InChI is InChI=1S/C34H58N2O26/c1-8(41)35-15-21(47)27(13(6-40)55-30(15)53)60-34-26(52)29(62-33-25(51)23(49)19(45)12(5-39)58-33)28(61-31-16(36-9(2)42)20(46)17(43)10(3-37)56-31)14(59-34)7-54-32-24(50)22(48)18(44)11(4-38)57-32/h10-34,37-40,43-53H,3-7H2,1-2H3,(H,35,41)(H,36,42)/t10-,11-,12-,13-,14-,15-,16-,17-,18-,19-,20-,21-,22+,23+,24+,25+,26+,27-,28-,29-,30-,31+,32+,33-,34+/m1/s1. The minimum Gasteiger partial charge on any atom is -0.394 e. The monoisotopic (exact) mass is 910 g/mol. The third kappa shape index (κ3) is 11.0. The number of aliphatic hydroxyl groups excluding tert-OH is 15. The molecule has 0 bridgehead atoms. The maximum atomic E-state index is 12.3. The summed E-state index contributed by atoms with van der Waals surface area (Å²) in [5.74, 6) is -1.53. The predicted molar refractivity (Wildman–Crippen MR) is 190 cm³/mol. The molecule has 0 aliphatic carbocycles. The lowest BCUT2D eigenvalue weighted by atomic mass is 9.94. The average Bonchev–Trinajstić information content (AvgIpc) is 3.23. The highest BCUT2D eigenvalue weighted by Crippen LogP contribution is 2.36. The molecule has 28 heteroatoms. The molecule has 5 rings (SSSR count). The number of hydrogen-bond acceptors (Lipinski definition) is 26. The van der Waals surface area contributed by atoms with Crippen molar-refractivity contribution in [3.05, 3.63) is 0 Å². The highest BCUT2D eigenvalue weighted by Gasteiger charge is 2.57. The van der Waals surface area contributed by atoms with Crippen molar-refractivity contribution >= 4 is 11.8 Å². The normalized spacial score (nSPS) is 49.0. The fraction of sp³-hybridized carbons (Fsp3) is 0.941. The summed E-state index contributed by atoms with van der Waals surface area (Å²) >= 11 is 0. The molecule has 0 aromatic rings. The van der Waals surface area contributed by atoms with Crippen LogP contribution in [0.2, 0.25) is 0 Å². The maximum absolute atomic E-state index is 12.3. The average molecular weight is 911 g/mol. The van der Waals surface area contributed by atoms with Crippen molar-refractivity contribution in [2.45, 2.75) is 167 Å². The summed E-state index contributed by atoms with van der Waals surface area (Å²) in [4.78, 5) is 24.2. The molecular weight excluding hydrogens is 852 g/mol. The maximum Gasteiger partial charge on any atom is 0.217 e. The van der Waals surface area contributed by atoms with Crippen LogP contribution in [0.15, 0.2) is 0 Å². The first kappa shape index (κ1) is 51.0. The summed E-state index contributed by atoms with van der Waals surface area (Å²) in [6, 6.07) is -3.27. The van der Waals surface area contributed by atoms with Crippen LogP contribution in [0.4, 0.5) is 0 Å². The zero-order valence-electron chi connectivity index (χ0n) is 33.2. The van der Waals surface area contributed by atoms with Gasteiger partial charge in [-0.05, 0) is 0 Å². The Morgan fingerprint density at radius 2 is 0.839 bits per heavy atom. The number of hydrogen-bond donors (Lipinski definition) is 17. The Labute approximate surface area is 351 Å². The Balaban J connectivity index is 1.58. The molecule has 62 heavy (non-hydrogen) atoms. The SMILES string of the molecule is CC(=O)N[C@@H]1[C@@H](O)[C@H](O[C@@H]2O[C@H](CO[C@H]3O[C@H](CO)[C@@H](O)[C@H](O)[C@@H]3O)[C@@H](O[C@@H]3O[C@H](CO)[C@@H](O)[C@H](O)[C@H]3NC(C)=O)[C@H](O[C@H]3O[C@H](CO)[C@@H](O)[C@H](O)[C@@H]3O)[C@@H]2O)[C@@H](CO)O[C@H]1O. The fourth-order valence-corrected chi connectivity index (χ4v) is 7.73. The van der Waals surface area contributed by atoms with Crippen molar-refractivity contribution in [1.29, 1.82) is 0 Å². The van der Waals surface area contributed by atoms with E-state index in [-0.39, 0.29) is 0 Å². The largest absolute Gasteiger partial charge is 0.394 e. The summed E-state index contributed by atoms with van der Waals surface area (Å²) in [7, 11) is 0. The van der Waals surface area contributed by atoms with Gasteiger partial charge < -0.3 is 130 Å². The van der Waals surface area contributed by atoms with E-state index in [9.17, 15) is 86.2 Å². The first-order valence-electron chi connectivity index (χ1n) is 19.6. The second-order valence-corrected chi connectivity index (χ2v) is 15.5. The summed E-state index contributed by atoms with van der Waals surface area (Å²) < 4.78 is 52.0. The molecule has 0 unspecified atom stereocenters. The van der Waals surface area contributed by atoms with Crippen molar-refractivity contribution in [1.82, 2.24) is 10.6 Å². The zero-order chi connectivity index (χ0) is 45.9. The van der Waals surface area contributed by atoms with E-state index in [0.29, 0.717) is 0 Å². The van der Waals surface area contributed by atoms with Crippen LogP contribution in [-0.2, 0) is 52.2 Å². The molecule has 5 fully saturated rings. The quantitative estimate of drug-likeness (QED) is 0.0725. The number of carbonyl (C=O) groups is 2. The minimum absolute atomic E-state index is 0.742. The third-order valence-corrected chi connectivity index (χ3v) is 11.1. The van der Waals surface area contributed by atoms with Gasteiger partial charge in [0.2, 0.25) is 11.8 Å². The fourth-order valence-electron chi connectivity index (χ4n) is 7.73. The molecule has 28 nitrogen and oxygen atoms in total. The van der Waals surface area contributed by atoms with E-state index in [1.807, 2.05) is 0 Å². The number of ether oxygens (including phenoxy) is 9. The van der Waals surface area contributed by atoms with E-state index in [4.69, 9.17) is 42.6 Å². The van der Waals surface area contributed by atoms with Gasteiger partial charge in [0.1, 0.15) is 122 Å². The van der Waals surface area contributed by atoms with Crippen LogP contribution in [0.3, 0.4) is 0 Å². The van der Waals surface area contributed by atoms with E-state index in [1.54, 1.807) is 0 Å². The van der Waals surface area contributed by atoms with Gasteiger partial charge in [0, 0.05) is 13.8 Å². The van der Waals surface area contributed by atoms with Crippen molar-refractivity contribution in [2.75, 3.05) is 33.0 Å². The van der Waals surface area contributed by atoms with Gasteiger partial charge >= 0.3 is 0 Å². The third-order valence-electron chi connectivity index (χ3n) is 11.1. The number of rotatable bonds is 15. The molecule has 5 saturated heterocycles. The van der Waals surface area contributed by atoms with E-state index < -0.39 is 198 Å². The minimum atomic E-state index is -2.26. The summed E-state index contributed by atoms with van der Waals surface area (Å²) in [6.07, 6.45) is -43.6. The van der Waals surface area contributed by atoms with Crippen LogP contribution in [0.1, 0.15) is 13.8 Å². The second-order valence-electron chi connectivity index (χ2n) is 15.5. The predicted octanol–water partition coefficient (Wildman–Crippen LogP) is -11.6. The number of aliphatic hydroxyl groups is 15. The summed E-state index contributed by atoms with van der Waals surface area (Å²) in [6.45, 7) is -2.52. The van der Waals surface area contributed by atoms with Gasteiger partial charge in [0.05, 0.1) is 33.0 Å². The van der Waals surface area contributed by atoms with Crippen LogP contribution in [0.25, 0.3) is 0 Å². The zero-order valence-corrected chi connectivity index (χ0v) is 33.2. The number of carbonyl (C=O) groups excluding carboxylic acids is 2.